The van der Waals surface area contributed by atoms with Crippen LogP contribution in [0.4, 0.5) is 0 Å². The highest BCUT2D eigenvalue weighted by Gasteiger charge is 2.45. The Balaban J connectivity index is 2.21. The van der Waals surface area contributed by atoms with Gasteiger partial charge < -0.3 is 0 Å². The molecular weight excluding hydrogens is 376 g/mol. The second-order valence-corrected chi connectivity index (χ2v) is 8.42. The topological polar surface area (TPSA) is 0 Å². The van der Waals surface area contributed by atoms with Gasteiger partial charge in [-0.1, -0.05) is 70.8 Å². The van der Waals surface area contributed by atoms with Crippen LogP contribution in [0.15, 0.2) is 51.4 Å². The fourth-order valence-electron chi connectivity index (χ4n) is 3.71. The monoisotopic (exact) mass is 392 g/mol. The molecule has 2 heteroatoms. The molecule has 104 valence electrons. The van der Waals surface area contributed by atoms with Crippen LogP contribution in [0.3, 0.4) is 0 Å². The van der Waals surface area contributed by atoms with E-state index in [1.807, 2.05) is 0 Å². The highest BCUT2D eigenvalue weighted by atomic mass is 79.9. The van der Waals surface area contributed by atoms with Crippen molar-refractivity contribution in [2.45, 2.75) is 38.0 Å². The van der Waals surface area contributed by atoms with E-state index in [0.29, 0.717) is 0 Å². The predicted octanol–water partition coefficient (Wildman–Crippen LogP) is 6.20. The van der Waals surface area contributed by atoms with E-state index in [-0.39, 0.29) is 10.8 Å². The van der Waals surface area contributed by atoms with Crippen LogP contribution in [0, 0.1) is 0 Å². The average Bonchev–Trinajstić information content (AvgIpc) is 2.58. The Labute approximate surface area is 137 Å². The number of halogens is 2. The minimum Gasteiger partial charge on any atom is -0.0571 e. The lowest BCUT2D eigenvalue weighted by Gasteiger charge is -2.28. The molecular formula is C18H18Br2. The molecule has 0 saturated heterocycles. The Hall–Kier alpha value is -0.600. The Bertz CT molecular complexity index is 656. The Morgan fingerprint density at radius 2 is 1.40 bits per heavy atom. The van der Waals surface area contributed by atoms with E-state index < -0.39 is 0 Å². The first-order chi connectivity index (χ1) is 9.33. The van der Waals surface area contributed by atoms with Crippen molar-refractivity contribution in [3.63, 3.8) is 0 Å². The van der Waals surface area contributed by atoms with Gasteiger partial charge in [0.15, 0.2) is 0 Å². The summed E-state index contributed by atoms with van der Waals surface area (Å²) in [4.78, 5) is 0. The quantitative estimate of drug-likeness (QED) is 0.541. The third-order valence-corrected chi connectivity index (χ3v) is 5.60. The molecule has 0 aliphatic heterocycles. The third kappa shape index (κ3) is 2.17. The normalized spacial score (nSPS) is 23.6. The molecule has 1 unspecified atom stereocenters. The number of rotatable bonds is 1. The van der Waals surface area contributed by atoms with Crippen molar-refractivity contribution >= 4 is 31.9 Å². The molecule has 0 bridgehead atoms. The van der Waals surface area contributed by atoms with Gasteiger partial charge in [-0.25, -0.2) is 0 Å². The number of fused-ring (bicyclic) bond motifs is 1. The standard InChI is InChI=1S/C18H18Br2/c1-17(2)11-18(3,12-4-6-13(19)7-5-12)16-10-14(20)8-9-15(16)17/h4-10H,11H2,1-3H3. The maximum Gasteiger partial charge on any atom is 0.0186 e. The number of hydrogen-bond donors (Lipinski definition) is 0. The molecule has 0 spiro atoms. The lowest BCUT2D eigenvalue weighted by molar-refractivity contribution is 0.425. The second-order valence-electron chi connectivity index (χ2n) is 6.59. The molecule has 0 radical (unpaired) electrons. The van der Waals surface area contributed by atoms with Crippen LogP contribution in [0.25, 0.3) is 0 Å². The Kier molecular flexibility index (Phi) is 3.38. The highest BCUT2D eigenvalue weighted by molar-refractivity contribution is 9.10. The van der Waals surface area contributed by atoms with E-state index in [1.54, 1.807) is 0 Å². The van der Waals surface area contributed by atoms with E-state index in [9.17, 15) is 0 Å². The minimum atomic E-state index is 0.0866. The van der Waals surface area contributed by atoms with Crippen molar-refractivity contribution in [1.82, 2.24) is 0 Å². The van der Waals surface area contributed by atoms with Crippen molar-refractivity contribution < 1.29 is 0 Å². The molecule has 0 nitrogen and oxygen atoms in total. The minimum absolute atomic E-state index is 0.0866. The summed E-state index contributed by atoms with van der Waals surface area (Å²) >= 11 is 7.16. The summed E-state index contributed by atoms with van der Waals surface area (Å²) in [6, 6.07) is 15.5. The zero-order valence-electron chi connectivity index (χ0n) is 12.0. The van der Waals surface area contributed by atoms with E-state index in [1.165, 1.54) is 16.7 Å². The first-order valence-corrected chi connectivity index (χ1v) is 8.48. The SMILES string of the molecule is CC1(C)CC(C)(c2ccc(Br)cc2)c2cc(Br)ccc21. The van der Waals surface area contributed by atoms with Gasteiger partial charge in [0.05, 0.1) is 0 Å². The van der Waals surface area contributed by atoms with Crippen molar-refractivity contribution in [3.05, 3.63) is 68.1 Å². The van der Waals surface area contributed by atoms with E-state index >= 15 is 0 Å². The maximum atomic E-state index is 3.63. The van der Waals surface area contributed by atoms with Gasteiger partial charge in [-0.05, 0) is 52.8 Å². The Morgan fingerprint density at radius 3 is 2.05 bits per heavy atom. The zero-order valence-corrected chi connectivity index (χ0v) is 15.2. The molecule has 0 aromatic heterocycles. The molecule has 2 aromatic rings. The molecule has 1 aliphatic rings. The van der Waals surface area contributed by atoms with Crippen LogP contribution in [-0.2, 0) is 10.8 Å². The molecule has 0 heterocycles. The second kappa shape index (κ2) is 4.71. The first-order valence-electron chi connectivity index (χ1n) is 6.89. The molecule has 0 saturated carbocycles. The van der Waals surface area contributed by atoms with E-state index in [4.69, 9.17) is 0 Å². The predicted molar refractivity (Wildman–Crippen MR) is 92.4 cm³/mol. The van der Waals surface area contributed by atoms with Gasteiger partial charge in [0.1, 0.15) is 0 Å². The summed E-state index contributed by atoms with van der Waals surface area (Å²) in [5, 5.41) is 0. The van der Waals surface area contributed by atoms with Gasteiger partial charge in [0, 0.05) is 14.4 Å². The lowest BCUT2D eigenvalue weighted by atomic mass is 9.75. The molecule has 2 aromatic carbocycles. The first kappa shape index (κ1) is 14.3. The maximum absolute atomic E-state index is 3.63. The average molecular weight is 394 g/mol. The van der Waals surface area contributed by atoms with Crippen LogP contribution >= 0.6 is 31.9 Å². The summed E-state index contributed by atoms with van der Waals surface area (Å²) in [6.07, 6.45) is 1.15. The van der Waals surface area contributed by atoms with Crippen LogP contribution in [0.5, 0.6) is 0 Å². The smallest absolute Gasteiger partial charge is 0.0186 e. The van der Waals surface area contributed by atoms with Crippen LogP contribution in [0.2, 0.25) is 0 Å². The molecule has 0 fully saturated rings. The van der Waals surface area contributed by atoms with E-state index in [0.717, 1.165) is 15.4 Å². The molecule has 3 rings (SSSR count). The summed E-state index contributed by atoms with van der Waals surface area (Å²) in [5.41, 5.74) is 4.64. The fraction of sp³-hybridized carbons (Fsp3) is 0.333. The summed E-state index contributed by atoms with van der Waals surface area (Å²) in [7, 11) is 0. The molecule has 1 aliphatic carbocycles. The van der Waals surface area contributed by atoms with Crippen molar-refractivity contribution in [3.8, 4) is 0 Å². The Morgan fingerprint density at radius 1 is 0.800 bits per heavy atom. The third-order valence-electron chi connectivity index (χ3n) is 4.58. The summed E-state index contributed by atoms with van der Waals surface area (Å²) < 4.78 is 2.30. The summed E-state index contributed by atoms with van der Waals surface area (Å²) in [6.45, 7) is 7.07. The van der Waals surface area contributed by atoms with Crippen LogP contribution in [-0.4, -0.2) is 0 Å². The highest BCUT2D eigenvalue weighted by Crippen LogP contribution is 2.53. The molecule has 1 atom stereocenters. The lowest BCUT2D eigenvalue weighted by Crippen LogP contribution is -2.23. The van der Waals surface area contributed by atoms with Gasteiger partial charge in [0.25, 0.3) is 0 Å². The molecule has 0 N–H and O–H groups in total. The summed E-state index contributed by atoms with van der Waals surface area (Å²) in [5.74, 6) is 0. The molecule has 0 amide bonds. The molecule has 20 heavy (non-hydrogen) atoms. The van der Waals surface area contributed by atoms with Crippen molar-refractivity contribution in [2.24, 2.45) is 0 Å². The fourth-order valence-corrected chi connectivity index (χ4v) is 4.34. The van der Waals surface area contributed by atoms with Crippen LogP contribution < -0.4 is 0 Å². The van der Waals surface area contributed by atoms with Gasteiger partial charge >= 0.3 is 0 Å². The van der Waals surface area contributed by atoms with Crippen LogP contribution in [0.1, 0.15) is 43.9 Å². The van der Waals surface area contributed by atoms with Gasteiger partial charge in [-0.15, -0.1) is 0 Å². The van der Waals surface area contributed by atoms with Gasteiger partial charge in [-0.3, -0.25) is 0 Å². The number of hydrogen-bond acceptors (Lipinski definition) is 0. The van der Waals surface area contributed by atoms with E-state index in [2.05, 4.69) is 95.1 Å². The number of benzene rings is 2. The van der Waals surface area contributed by atoms with Gasteiger partial charge in [0.2, 0.25) is 0 Å². The van der Waals surface area contributed by atoms with Gasteiger partial charge in [-0.2, -0.15) is 0 Å². The van der Waals surface area contributed by atoms with Crippen molar-refractivity contribution in [1.29, 1.82) is 0 Å². The largest absolute Gasteiger partial charge is 0.0571 e. The zero-order chi connectivity index (χ0) is 14.5. The van der Waals surface area contributed by atoms with Crippen molar-refractivity contribution in [2.75, 3.05) is 0 Å².